The lowest BCUT2D eigenvalue weighted by Crippen LogP contribution is -2.33. The van der Waals surface area contributed by atoms with Gasteiger partial charge >= 0.3 is 0 Å². The second-order valence-corrected chi connectivity index (χ2v) is 7.48. The summed E-state index contributed by atoms with van der Waals surface area (Å²) in [7, 11) is 2.22. The van der Waals surface area contributed by atoms with Gasteiger partial charge in [-0.1, -0.05) is 55.7 Å². The molecule has 5 heteroatoms. The van der Waals surface area contributed by atoms with Crippen LogP contribution in [0, 0.1) is 4.64 Å². The van der Waals surface area contributed by atoms with Gasteiger partial charge in [0.25, 0.3) is 5.91 Å². The maximum atomic E-state index is 12.4. The molecular formula is C21H27N3OS. The van der Waals surface area contributed by atoms with Crippen molar-refractivity contribution in [2.45, 2.75) is 51.2 Å². The summed E-state index contributed by atoms with van der Waals surface area (Å²) in [5, 5.41) is 3.01. The van der Waals surface area contributed by atoms with Crippen LogP contribution in [0.1, 0.15) is 53.6 Å². The van der Waals surface area contributed by atoms with Crippen LogP contribution in [-0.2, 0) is 13.1 Å². The van der Waals surface area contributed by atoms with E-state index in [0.717, 1.165) is 12.1 Å². The van der Waals surface area contributed by atoms with Crippen LogP contribution in [-0.4, -0.2) is 28.9 Å². The van der Waals surface area contributed by atoms with E-state index in [2.05, 4.69) is 40.4 Å². The van der Waals surface area contributed by atoms with Crippen LogP contribution in [0.3, 0.4) is 0 Å². The molecule has 1 aliphatic rings. The average molecular weight is 370 g/mol. The van der Waals surface area contributed by atoms with E-state index in [4.69, 9.17) is 12.2 Å². The Balaban J connectivity index is 1.64. The van der Waals surface area contributed by atoms with Gasteiger partial charge in [0.2, 0.25) is 0 Å². The molecule has 0 spiro atoms. The molecule has 1 heterocycles. The Morgan fingerprint density at radius 1 is 1.15 bits per heavy atom. The first-order valence-electron chi connectivity index (χ1n) is 9.38. The Morgan fingerprint density at radius 2 is 1.88 bits per heavy atom. The standard InChI is InChI=1S/C21H27N3OS/c1-24(18-10-3-2-4-11-18)15-17-9-6-5-8-16(17)14-23-20(25)19-12-7-13-22-21(19)26/h5-9,12-13,18H,2-4,10-11,14-15H2,1H3,(H,22,26)(H,23,25). The molecule has 0 aliphatic heterocycles. The quantitative estimate of drug-likeness (QED) is 0.740. The number of H-pyrrole nitrogens is 1. The van der Waals surface area contributed by atoms with Crippen LogP contribution in [0.15, 0.2) is 42.6 Å². The molecule has 1 saturated carbocycles. The number of carbonyl (C=O) groups excluding carboxylic acids is 1. The molecule has 0 bridgehead atoms. The number of amides is 1. The zero-order valence-corrected chi connectivity index (χ0v) is 16.1. The molecule has 3 rings (SSSR count). The number of nitrogens with one attached hydrogen (secondary N) is 2. The molecule has 2 aromatic rings. The average Bonchev–Trinajstić information content (AvgIpc) is 2.68. The maximum absolute atomic E-state index is 12.4. The van der Waals surface area contributed by atoms with Gasteiger partial charge in [0.05, 0.1) is 5.56 Å². The predicted molar refractivity (Wildman–Crippen MR) is 108 cm³/mol. The normalized spacial score (nSPS) is 15.2. The van der Waals surface area contributed by atoms with Crippen LogP contribution in [0.2, 0.25) is 0 Å². The first-order chi connectivity index (χ1) is 12.6. The highest BCUT2D eigenvalue weighted by molar-refractivity contribution is 7.71. The summed E-state index contributed by atoms with van der Waals surface area (Å²) >= 11 is 5.19. The Labute approximate surface area is 160 Å². The molecular weight excluding hydrogens is 342 g/mol. The van der Waals surface area contributed by atoms with Crippen molar-refractivity contribution in [2.75, 3.05) is 7.05 Å². The van der Waals surface area contributed by atoms with Gasteiger partial charge in [-0.2, -0.15) is 0 Å². The smallest absolute Gasteiger partial charge is 0.254 e. The summed E-state index contributed by atoms with van der Waals surface area (Å²) in [5.41, 5.74) is 2.95. The molecule has 1 aliphatic carbocycles. The highest BCUT2D eigenvalue weighted by Gasteiger charge is 2.19. The van der Waals surface area contributed by atoms with E-state index >= 15 is 0 Å². The Kier molecular flexibility index (Phi) is 6.58. The highest BCUT2D eigenvalue weighted by atomic mass is 32.1. The van der Waals surface area contributed by atoms with E-state index in [0.29, 0.717) is 22.8 Å². The first kappa shape index (κ1) is 18.8. The topological polar surface area (TPSA) is 48.1 Å². The number of aromatic amines is 1. The van der Waals surface area contributed by atoms with Crippen molar-refractivity contribution >= 4 is 18.1 Å². The molecule has 4 nitrogen and oxygen atoms in total. The molecule has 138 valence electrons. The van der Waals surface area contributed by atoms with Gasteiger partial charge in [-0.15, -0.1) is 0 Å². The third-order valence-electron chi connectivity index (χ3n) is 5.24. The first-order valence-corrected chi connectivity index (χ1v) is 9.79. The SMILES string of the molecule is CN(Cc1ccccc1CNC(=O)c1ccc[nH]c1=S)C1CCCCC1. The second kappa shape index (κ2) is 9.10. The Morgan fingerprint density at radius 3 is 2.62 bits per heavy atom. The fourth-order valence-electron chi connectivity index (χ4n) is 3.67. The molecule has 1 aromatic heterocycles. The van der Waals surface area contributed by atoms with Crippen molar-refractivity contribution in [3.05, 3.63) is 63.9 Å². The molecule has 1 fully saturated rings. The lowest BCUT2D eigenvalue weighted by atomic mass is 9.94. The van der Waals surface area contributed by atoms with Crippen LogP contribution in [0.25, 0.3) is 0 Å². The van der Waals surface area contributed by atoms with Crippen molar-refractivity contribution in [1.82, 2.24) is 15.2 Å². The van der Waals surface area contributed by atoms with Crippen molar-refractivity contribution < 1.29 is 4.79 Å². The zero-order valence-electron chi connectivity index (χ0n) is 15.3. The monoisotopic (exact) mass is 369 g/mol. The zero-order chi connectivity index (χ0) is 18.4. The minimum absolute atomic E-state index is 0.137. The van der Waals surface area contributed by atoms with Crippen LogP contribution in [0.5, 0.6) is 0 Å². The Bertz CT molecular complexity index is 796. The number of hydrogen-bond acceptors (Lipinski definition) is 3. The number of aromatic nitrogens is 1. The molecule has 2 N–H and O–H groups in total. The third kappa shape index (κ3) is 4.80. The van der Waals surface area contributed by atoms with Crippen LogP contribution in [0.4, 0.5) is 0 Å². The van der Waals surface area contributed by atoms with E-state index in [9.17, 15) is 4.79 Å². The van der Waals surface area contributed by atoms with Crippen molar-refractivity contribution in [3.8, 4) is 0 Å². The fourth-order valence-corrected chi connectivity index (χ4v) is 3.90. The fraction of sp³-hybridized carbons (Fsp3) is 0.429. The number of hydrogen-bond donors (Lipinski definition) is 2. The van der Waals surface area contributed by atoms with E-state index in [-0.39, 0.29) is 5.91 Å². The van der Waals surface area contributed by atoms with Gasteiger partial charge in [0.15, 0.2) is 0 Å². The molecule has 0 atom stereocenters. The number of rotatable bonds is 6. The summed E-state index contributed by atoms with van der Waals surface area (Å²) < 4.78 is 0.468. The molecule has 1 aromatic carbocycles. The van der Waals surface area contributed by atoms with Gasteiger partial charge in [0.1, 0.15) is 4.64 Å². The molecule has 1 amide bonds. The predicted octanol–water partition coefficient (Wildman–Crippen LogP) is 4.44. The van der Waals surface area contributed by atoms with E-state index < -0.39 is 0 Å². The number of nitrogens with zero attached hydrogens (tertiary/aromatic N) is 1. The Hall–Kier alpha value is -1.98. The summed E-state index contributed by atoms with van der Waals surface area (Å²) in [6.07, 6.45) is 8.36. The van der Waals surface area contributed by atoms with Gasteiger partial charge in [-0.3, -0.25) is 9.69 Å². The number of pyridine rings is 1. The van der Waals surface area contributed by atoms with Crippen molar-refractivity contribution in [3.63, 3.8) is 0 Å². The molecule has 0 saturated heterocycles. The molecule has 0 radical (unpaired) electrons. The maximum Gasteiger partial charge on any atom is 0.254 e. The largest absolute Gasteiger partial charge is 0.352 e. The minimum atomic E-state index is -0.137. The highest BCUT2D eigenvalue weighted by Crippen LogP contribution is 2.23. The minimum Gasteiger partial charge on any atom is -0.352 e. The number of carbonyl (C=O) groups is 1. The van der Waals surface area contributed by atoms with Crippen LogP contribution < -0.4 is 5.32 Å². The van der Waals surface area contributed by atoms with Crippen molar-refractivity contribution in [1.29, 1.82) is 0 Å². The molecule has 26 heavy (non-hydrogen) atoms. The van der Waals surface area contributed by atoms with Crippen LogP contribution >= 0.6 is 12.2 Å². The van der Waals surface area contributed by atoms with E-state index in [1.54, 1.807) is 18.3 Å². The van der Waals surface area contributed by atoms with Gasteiger partial charge in [-0.25, -0.2) is 0 Å². The number of benzene rings is 1. The van der Waals surface area contributed by atoms with Gasteiger partial charge in [-0.05, 0) is 43.1 Å². The van der Waals surface area contributed by atoms with Gasteiger partial charge in [0, 0.05) is 25.3 Å². The van der Waals surface area contributed by atoms with E-state index in [1.807, 2.05) is 6.07 Å². The second-order valence-electron chi connectivity index (χ2n) is 7.07. The lowest BCUT2D eigenvalue weighted by Gasteiger charge is -2.31. The molecule has 0 unspecified atom stereocenters. The van der Waals surface area contributed by atoms with Crippen molar-refractivity contribution in [2.24, 2.45) is 0 Å². The third-order valence-corrected chi connectivity index (χ3v) is 5.58. The van der Waals surface area contributed by atoms with E-state index in [1.165, 1.54) is 37.7 Å². The summed E-state index contributed by atoms with van der Waals surface area (Å²) in [6.45, 7) is 1.43. The summed E-state index contributed by atoms with van der Waals surface area (Å²) in [4.78, 5) is 17.8. The summed E-state index contributed by atoms with van der Waals surface area (Å²) in [6, 6.07) is 12.6. The van der Waals surface area contributed by atoms with Gasteiger partial charge < -0.3 is 10.3 Å². The summed E-state index contributed by atoms with van der Waals surface area (Å²) in [5.74, 6) is -0.137. The lowest BCUT2D eigenvalue weighted by molar-refractivity contribution is 0.0950.